The number of nitrogens with zero attached hydrogens (tertiary/aromatic N) is 2. The van der Waals surface area contributed by atoms with Crippen molar-refractivity contribution in [3.05, 3.63) is 15.9 Å². The van der Waals surface area contributed by atoms with Crippen LogP contribution in [0.25, 0.3) is 0 Å². The molecule has 1 atom stereocenters. The van der Waals surface area contributed by atoms with E-state index in [1.165, 1.54) is 0 Å². The Kier molecular flexibility index (Phi) is 4.55. The molecule has 0 bridgehead atoms. The van der Waals surface area contributed by atoms with Crippen molar-refractivity contribution in [2.45, 2.75) is 45.8 Å². The SMILES string of the molecule is Cc1nn(C)c(CC(N)C(=O)OC(C)(C)C)c1Br. The first-order valence-electron chi connectivity index (χ1n) is 5.78. The number of ether oxygens (including phenoxy) is 1. The number of rotatable bonds is 3. The highest BCUT2D eigenvalue weighted by Gasteiger charge is 2.24. The number of hydrogen-bond acceptors (Lipinski definition) is 4. The van der Waals surface area contributed by atoms with Gasteiger partial charge >= 0.3 is 5.97 Å². The van der Waals surface area contributed by atoms with Crippen LogP contribution in [-0.4, -0.2) is 27.4 Å². The largest absolute Gasteiger partial charge is 0.459 e. The summed E-state index contributed by atoms with van der Waals surface area (Å²) >= 11 is 3.45. The van der Waals surface area contributed by atoms with Crippen molar-refractivity contribution in [3.8, 4) is 0 Å². The van der Waals surface area contributed by atoms with Crippen molar-refractivity contribution in [1.82, 2.24) is 9.78 Å². The number of halogens is 1. The van der Waals surface area contributed by atoms with Crippen molar-refractivity contribution in [3.63, 3.8) is 0 Å². The number of nitrogens with two attached hydrogens (primary N) is 1. The van der Waals surface area contributed by atoms with Crippen LogP contribution in [0.5, 0.6) is 0 Å². The van der Waals surface area contributed by atoms with Gasteiger partial charge in [0, 0.05) is 13.5 Å². The van der Waals surface area contributed by atoms with E-state index in [-0.39, 0.29) is 0 Å². The van der Waals surface area contributed by atoms with E-state index in [1.807, 2.05) is 34.7 Å². The van der Waals surface area contributed by atoms with E-state index in [1.54, 1.807) is 4.68 Å². The lowest BCUT2D eigenvalue weighted by atomic mass is 10.1. The molecule has 0 aliphatic carbocycles. The van der Waals surface area contributed by atoms with E-state index in [0.717, 1.165) is 15.9 Å². The Balaban J connectivity index is 2.76. The van der Waals surface area contributed by atoms with Crippen LogP contribution in [0.3, 0.4) is 0 Å². The van der Waals surface area contributed by atoms with Gasteiger partial charge in [-0.25, -0.2) is 0 Å². The first-order valence-corrected chi connectivity index (χ1v) is 6.57. The average Bonchev–Trinajstić information content (AvgIpc) is 2.42. The first-order chi connectivity index (χ1) is 8.11. The Morgan fingerprint density at radius 1 is 1.56 bits per heavy atom. The minimum atomic E-state index is -0.685. The summed E-state index contributed by atoms with van der Waals surface area (Å²) in [4.78, 5) is 11.8. The molecule has 0 aliphatic heterocycles. The van der Waals surface area contributed by atoms with Crippen LogP contribution in [0, 0.1) is 6.92 Å². The molecule has 0 aliphatic rings. The molecule has 6 heteroatoms. The van der Waals surface area contributed by atoms with Gasteiger partial charge in [-0.3, -0.25) is 9.48 Å². The quantitative estimate of drug-likeness (QED) is 0.861. The maximum atomic E-state index is 11.8. The molecule has 1 heterocycles. The Hall–Kier alpha value is -0.880. The Bertz CT molecular complexity index is 449. The highest BCUT2D eigenvalue weighted by Crippen LogP contribution is 2.21. The highest BCUT2D eigenvalue weighted by molar-refractivity contribution is 9.10. The molecule has 1 aromatic heterocycles. The van der Waals surface area contributed by atoms with Crippen LogP contribution in [0.4, 0.5) is 0 Å². The van der Waals surface area contributed by atoms with E-state index in [4.69, 9.17) is 10.5 Å². The zero-order valence-corrected chi connectivity index (χ0v) is 13.0. The summed E-state index contributed by atoms with van der Waals surface area (Å²) in [6, 6.07) is -0.685. The Morgan fingerprint density at radius 3 is 2.50 bits per heavy atom. The molecule has 18 heavy (non-hydrogen) atoms. The van der Waals surface area contributed by atoms with Gasteiger partial charge in [-0.2, -0.15) is 5.10 Å². The van der Waals surface area contributed by atoms with Gasteiger partial charge < -0.3 is 10.5 Å². The third-order valence-electron chi connectivity index (χ3n) is 2.38. The Morgan fingerprint density at radius 2 is 2.11 bits per heavy atom. The van der Waals surface area contributed by atoms with Crippen molar-refractivity contribution in [2.24, 2.45) is 12.8 Å². The predicted octanol–water partition coefficient (Wildman–Crippen LogP) is 1.70. The Labute approximate surface area is 116 Å². The molecule has 0 fully saturated rings. The molecule has 5 nitrogen and oxygen atoms in total. The molecular weight excluding hydrogens is 298 g/mol. The van der Waals surface area contributed by atoms with Gasteiger partial charge in [0.2, 0.25) is 0 Å². The summed E-state index contributed by atoms with van der Waals surface area (Å²) in [5.41, 5.74) is 7.12. The van der Waals surface area contributed by atoms with Crippen LogP contribution >= 0.6 is 15.9 Å². The van der Waals surface area contributed by atoms with E-state index in [2.05, 4.69) is 21.0 Å². The maximum absolute atomic E-state index is 11.8. The molecule has 0 radical (unpaired) electrons. The summed E-state index contributed by atoms with van der Waals surface area (Å²) in [7, 11) is 1.83. The molecule has 0 aromatic carbocycles. The van der Waals surface area contributed by atoms with E-state index in [0.29, 0.717) is 6.42 Å². The topological polar surface area (TPSA) is 70.1 Å². The molecule has 2 N–H and O–H groups in total. The fraction of sp³-hybridized carbons (Fsp3) is 0.667. The third-order valence-corrected chi connectivity index (χ3v) is 3.42. The molecule has 0 spiro atoms. The van der Waals surface area contributed by atoms with Crippen molar-refractivity contribution < 1.29 is 9.53 Å². The van der Waals surface area contributed by atoms with Crippen molar-refractivity contribution in [2.75, 3.05) is 0 Å². The monoisotopic (exact) mass is 317 g/mol. The lowest BCUT2D eigenvalue weighted by Crippen LogP contribution is -2.39. The second-order valence-electron chi connectivity index (χ2n) is 5.31. The predicted molar refractivity (Wildman–Crippen MR) is 73.2 cm³/mol. The summed E-state index contributed by atoms with van der Waals surface area (Å²) in [6.07, 6.45) is 0.396. The van der Waals surface area contributed by atoms with Crippen LogP contribution in [-0.2, 0) is 23.0 Å². The average molecular weight is 318 g/mol. The fourth-order valence-electron chi connectivity index (χ4n) is 1.57. The minimum Gasteiger partial charge on any atom is -0.459 e. The van der Waals surface area contributed by atoms with Crippen LogP contribution in [0.2, 0.25) is 0 Å². The van der Waals surface area contributed by atoms with Gasteiger partial charge in [0.15, 0.2) is 0 Å². The molecule has 0 amide bonds. The number of esters is 1. The van der Waals surface area contributed by atoms with Gasteiger partial charge in [0.05, 0.1) is 15.9 Å². The molecule has 1 unspecified atom stereocenters. The third kappa shape index (κ3) is 3.81. The van der Waals surface area contributed by atoms with E-state index < -0.39 is 17.6 Å². The van der Waals surface area contributed by atoms with Crippen molar-refractivity contribution >= 4 is 21.9 Å². The first kappa shape index (κ1) is 15.2. The summed E-state index contributed by atoms with van der Waals surface area (Å²) in [5.74, 6) is -0.395. The van der Waals surface area contributed by atoms with Crippen molar-refractivity contribution in [1.29, 1.82) is 0 Å². The number of aryl methyl sites for hydroxylation is 2. The number of hydrogen-bond donors (Lipinski definition) is 1. The second-order valence-corrected chi connectivity index (χ2v) is 6.11. The summed E-state index contributed by atoms with van der Waals surface area (Å²) in [5, 5.41) is 4.26. The number of carbonyl (C=O) groups is 1. The van der Waals surface area contributed by atoms with Gasteiger partial charge in [0.1, 0.15) is 11.6 Å². The van der Waals surface area contributed by atoms with Gasteiger partial charge in [-0.05, 0) is 43.6 Å². The molecule has 102 valence electrons. The second kappa shape index (κ2) is 5.40. The zero-order chi connectivity index (χ0) is 14.1. The maximum Gasteiger partial charge on any atom is 0.323 e. The number of aromatic nitrogens is 2. The van der Waals surface area contributed by atoms with E-state index >= 15 is 0 Å². The molecule has 1 aromatic rings. The highest BCUT2D eigenvalue weighted by atomic mass is 79.9. The lowest BCUT2D eigenvalue weighted by molar-refractivity contribution is -0.156. The molecular formula is C12H20BrN3O2. The van der Waals surface area contributed by atoms with Gasteiger partial charge in [-0.15, -0.1) is 0 Å². The molecule has 1 rings (SSSR count). The van der Waals surface area contributed by atoms with Crippen LogP contribution in [0.1, 0.15) is 32.2 Å². The standard InChI is InChI=1S/C12H20BrN3O2/c1-7-10(13)9(16(5)15-7)6-8(14)11(17)18-12(2,3)4/h8H,6,14H2,1-5H3. The normalized spacial score (nSPS) is 13.5. The fourth-order valence-corrected chi connectivity index (χ4v) is 2.07. The molecule has 0 saturated carbocycles. The smallest absolute Gasteiger partial charge is 0.323 e. The van der Waals surface area contributed by atoms with Gasteiger partial charge in [-0.1, -0.05) is 0 Å². The molecule has 0 saturated heterocycles. The summed E-state index contributed by atoms with van der Waals surface area (Å²) < 4.78 is 7.87. The number of carbonyl (C=O) groups excluding carboxylic acids is 1. The summed E-state index contributed by atoms with van der Waals surface area (Å²) in [6.45, 7) is 7.36. The van der Waals surface area contributed by atoms with Crippen LogP contribution < -0.4 is 5.73 Å². The van der Waals surface area contributed by atoms with E-state index in [9.17, 15) is 4.79 Å². The zero-order valence-electron chi connectivity index (χ0n) is 11.5. The minimum absolute atomic E-state index is 0.395. The lowest BCUT2D eigenvalue weighted by Gasteiger charge is -2.22. The van der Waals surface area contributed by atoms with Gasteiger partial charge in [0.25, 0.3) is 0 Å². The van der Waals surface area contributed by atoms with Crippen LogP contribution in [0.15, 0.2) is 4.47 Å².